The second kappa shape index (κ2) is 12.4. The van der Waals surface area contributed by atoms with E-state index in [1.54, 1.807) is 29.1 Å². The van der Waals surface area contributed by atoms with Crippen LogP contribution in [0.1, 0.15) is 63.3 Å². The van der Waals surface area contributed by atoms with Crippen LogP contribution >= 0.6 is 0 Å². The van der Waals surface area contributed by atoms with Gasteiger partial charge in [-0.1, -0.05) is 78.4 Å². The Morgan fingerprint density at radius 2 is 1.70 bits per heavy atom. The molecular weight excluding hydrogens is 555 g/mol. The highest BCUT2D eigenvalue weighted by Gasteiger charge is 2.49. The molecule has 0 bridgehead atoms. The normalized spacial score (nSPS) is 14.6. The summed E-state index contributed by atoms with van der Waals surface area (Å²) in [6.07, 6.45) is 4.52. The lowest BCUT2D eigenvalue weighted by molar-refractivity contribution is -0.160. The molecule has 1 saturated carbocycles. The lowest BCUT2D eigenvalue weighted by Gasteiger charge is -2.47. The minimum Gasteiger partial charge on any atom is -0.480 e. The van der Waals surface area contributed by atoms with Gasteiger partial charge in [0.05, 0.1) is 5.56 Å². The number of rotatable bonds is 11. The Bertz CT molecular complexity index is 1620. The lowest BCUT2D eigenvalue weighted by atomic mass is 9.74. The second-order valence-corrected chi connectivity index (χ2v) is 11.0. The summed E-state index contributed by atoms with van der Waals surface area (Å²) < 4.78 is 41.0. The SMILES string of the molecule is Cc1ccc(C(=O)c2nccn2C/C=C/c2cccc(CN(Cc3ccc(C(F)(F)F)cc3)C3(C(=O)O)CCC3)c2)cc1. The van der Waals surface area contributed by atoms with Gasteiger partial charge in [0, 0.05) is 37.6 Å². The monoisotopic (exact) mass is 587 g/mol. The maximum atomic E-state index is 13.1. The maximum absolute atomic E-state index is 13.1. The van der Waals surface area contributed by atoms with Crippen molar-refractivity contribution in [2.45, 2.75) is 57.5 Å². The van der Waals surface area contributed by atoms with Gasteiger partial charge in [-0.15, -0.1) is 0 Å². The van der Waals surface area contributed by atoms with Crippen LogP contribution < -0.4 is 0 Å². The van der Waals surface area contributed by atoms with E-state index in [2.05, 4.69) is 4.98 Å². The van der Waals surface area contributed by atoms with Crippen LogP contribution in [-0.4, -0.2) is 36.8 Å². The molecule has 1 aliphatic carbocycles. The summed E-state index contributed by atoms with van der Waals surface area (Å²) in [5.41, 5.74) is 2.25. The van der Waals surface area contributed by atoms with Crippen LogP contribution in [-0.2, 0) is 30.6 Å². The number of aryl methyl sites for hydroxylation is 1. The molecule has 3 aromatic carbocycles. The number of carbonyl (C=O) groups is 2. The van der Waals surface area contributed by atoms with Crippen molar-refractivity contribution in [3.05, 3.63) is 130 Å². The molecule has 222 valence electrons. The van der Waals surface area contributed by atoms with Crippen molar-refractivity contribution in [3.63, 3.8) is 0 Å². The number of hydrogen-bond acceptors (Lipinski definition) is 4. The van der Waals surface area contributed by atoms with Crippen molar-refractivity contribution in [1.29, 1.82) is 0 Å². The number of halogens is 3. The summed E-state index contributed by atoms with van der Waals surface area (Å²) in [4.78, 5) is 31.5. The molecule has 1 aromatic heterocycles. The third kappa shape index (κ3) is 6.78. The Labute approximate surface area is 248 Å². The van der Waals surface area contributed by atoms with Gasteiger partial charge in [-0.25, -0.2) is 4.98 Å². The quantitative estimate of drug-likeness (QED) is 0.189. The predicted octanol–water partition coefficient (Wildman–Crippen LogP) is 7.16. The van der Waals surface area contributed by atoms with E-state index in [0.29, 0.717) is 42.9 Å². The first-order valence-electron chi connectivity index (χ1n) is 14.1. The van der Waals surface area contributed by atoms with Crippen molar-refractivity contribution in [1.82, 2.24) is 14.5 Å². The zero-order valence-electron chi connectivity index (χ0n) is 23.7. The zero-order chi connectivity index (χ0) is 30.6. The van der Waals surface area contributed by atoms with E-state index in [1.807, 2.05) is 60.4 Å². The molecule has 6 nitrogen and oxygen atoms in total. The van der Waals surface area contributed by atoms with E-state index in [9.17, 15) is 27.9 Å². The van der Waals surface area contributed by atoms with E-state index in [0.717, 1.165) is 35.2 Å². The van der Waals surface area contributed by atoms with Gasteiger partial charge < -0.3 is 9.67 Å². The number of ketones is 1. The number of benzene rings is 3. The molecule has 1 aliphatic rings. The third-order valence-electron chi connectivity index (χ3n) is 8.01. The summed E-state index contributed by atoms with van der Waals surface area (Å²) in [5.74, 6) is -0.726. The number of allylic oxidation sites excluding steroid dienone is 1. The minimum atomic E-state index is -4.43. The number of aromatic nitrogens is 2. The number of carboxylic acids is 1. The van der Waals surface area contributed by atoms with Gasteiger partial charge >= 0.3 is 12.1 Å². The fraction of sp³-hybridized carbons (Fsp3) is 0.265. The number of carboxylic acid groups (broad SMARTS) is 1. The Morgan fingerprint density at radius 1 is 1.00 bits per heavy atom. The highest BCUT2D eigenvalue weighted by atomic mass is 19.4. The zero-order valence-corrected chi connectivity index (χ0v) is 23.7. The molecule has 43 heavy (non-hydrogen) atoms. The molecule has 0 saturated heterocycles. The Balaban J connectivity index is 1.30. The first-order chi connectivity index (χ1) is 20.5. The van der Waals surface area contributed by atoms with E-state index in [1.165, 1.54) is 12.1 Å². The minimum absolute atomic E-state index is 0.156. The standard InChI is InChI=1S/C34H32F3N3O3/c1-24-8-12-28(13-9-24)30(41)31-38-18-20-39(31)19-3-7-25-5-2-6-27(21-25)23-40(33(32(42)43)16-4-17-33)22-26-10-14-29(15-11-26)34(35,36)37/h2-3,5-15,18,20-21H,4,16-17,19,22-23H2,1H3,(H,42,43)/b7-3+. The third-order valence-corrected chi connectivity index (χ3v) is 8.01. The first kappa shape index (κ1) is 30.0. The van der Waals surface area contributed by atoms with Gasteiger partial charge in [0.15, 0.2) is 5.82 Å². The average Bonchev–Trinajstić information content (AvgIpc) is 3.41. The fourth-order valence-corrected chi connectivity index (χ4v) is 5.37. The molecule has 0 atom stereocenters. The number of aliphatic carboxylic acids is 1. The molecule has 0 amide bonds. The molecule has 0 aliphatic heterocycles. The molecule has 1 N–H and O–H groups in total. The van der Waals surface area contributed by atoms with E-state index in [4.69, 9.17) is 0 Å². The van der Waals surface area contributed by atoms with Crippen LogP contribution in [0.2, 0.25) is 0 Å². The van der Waals surface area contributed by atoms with Crippen LogP contribution in [0.4, 0.5) is 13.2 Å². The van der Waals surface area contributed by atoms with Crippen molar-refractivity contribution < 1.29 is 27.9 Å². The fourth-order valence-electron chi connectivity index (χ4n) is 5.37. The molecule has 4 aromatic rings. The molecule has 0 unspecified atom stereocenters. The van der Waals surface area contributed by atoms with Crippen molar-refractivity contribution in [2.75, 3.05) is 0 Å². The molecule has 1 heterocycles. The highest BCUT2D eigenvalue weighted by molar-refractivity contribution is 6.06. The van der Waals surface area contributed by atoms with Crippen molar-refractivity contribution in [2.24, 2.45) is 0 Å². The molecular formula is C34H32F3N3O3. The average molecular weight is 588 g/mol. The number of imidazole rings is 1. The Morgan fingerprint density at radius 3 is 2.33 bits per heavy atom. The molecule has 0 radical (unpaired) electrons. The molecule has 9 heteroatoms. The summed E-state index contributed by atoms with van der Waals surface area (Å²) in [6.45, 7) is 2.93. The molecule has 5 rings (SSSR count). The van der Waals surface area contributed by atoms with Gasteiger partial charge in [0.2, 0.25) is 5.78 Å². The van der Waals surface area contributed by atoms with Gasteiger partial charge in [-0.05, 0) is 55.0 Å². The summed E-state index contributed by atoms with van der Waals surface area (Å²) in [6, 6.07) is 20.0. The smallest absolute Gasteiger partial charge is 0.416 e. The van der Waals surface area contributed by atoms with E-state index < -0.39 is 23.2 Å². The van der Waals surface area contributed by atoms with Gasteiger partial charge in [0.1, 0.15) is 5.54 Å². The first-order valence-corrected chi connectivity index (χ1v) is 14.1. The largest absolute Gasteiger partial charge is 0.480 e. The number of carbonyl (C=O) groups excluding carboxylic acids is 1. The van der Waals surface area contributed by atoms with Crippen molar-refractivity contribution in [3.8, 4) is 0 Å². The molecule has 1 fully saturated rings. The summed E-state index contributed by atoms with van der Waals surface area (Å²) >= 11 is 0. The Hall–Kier alpha value is -4.50. The number of hydrogen-bond donors (Lipinski definition) is 1. The predicted molar refractivity (Wildman–Crippen MR) is 157 cm³/mol. The summed E-state index contributed by atoms with van der Waals surface area (Å²) in [7, 11) is 0. The Kier molecular flexibility index (Phi) is 8.64. The second-order valence-electron chi connectivity index (χ2n) is 11.0. The van der Waals surface area contributed by atoms with Gasteiger partial charge in [-0.3, -0.25) is 14.5 Å². The number of alkyl halides is 3. The van der Waals surface area contributed by atoms with Crippen LogP contribution in [0.25, 0.3) is 6.08 Å². The van der Waals surface area contributed by atoms with Crippen LogP contribution in [0.3, 0.4) is 0 Å². The van der Waals surface area contributed by atoms with E-state index >= 15 is 0 Å². The highest BCUT2D eigenvalue weighted by Crippen LogP contribution is 2.40. The van der Waals surface area contributed by atoms with E-state index in [-0.39, 0.29) is 12.3 Å². The van der Waals surface area contributed by atoms with Crippen LogP contribution in [0.15, 0.2) is 91.3 Å². The topological polar surface area (TPSA) is 75.4 Å². The maximum Gasteiger partial charge on any atom is 0.416 e. The van der Waals surface area contributed by atoms with Gasteiger partial charge in [-0.2, -0.15) is 13.2 Å². The summed E-state index contributed by atoms with van der Waals surface area (Å²) in [5, 5.41) is 10.1. The number of nitrogens with zero attached hydrogens (tertiary/aromatic N) is 3. The van der Waals surface area contributed by atoms with Crippen LogP contribution in [0, 0.1) is 6.92 Å². The lowest BCUT2D eigenvalue weighted by Crippen LogP contribution is -2.58. The van der Waals surface area contributed by atoms with Crippen molar-refractivity contribution >= 4 is 17.8 Å². The molecule has 0 spiro atoms. The van der Waals surface area contributed by atoms with Gasteiger partial charge in [0.25, 0.3) is 0 Å². The van der Waals surface area contributed by atoms with Crippen LogP contribution in [0.5, 0.6) is 0 Å².